The smallest absolute Gasteiger partial charge is 0.338 e. The molecule has 0 aromatic carbocycles. The van der Waals surface area contributed by atoms with Gasteiger partial charge in [-0.1, -0.05) is 13.2 Å². The molecule has 0 aromatic rings. The number of amides is 1. The van der Waals surface area contributed by atoms with Crippen molar-refractivity contribution in [2.24, 2.45) is 5.73 Å². The Labute approximate surface area is 64.3 Å². The average Bonchev–Trinajstić information content (AvgIpc) is 1.87. The molecule has 0 unspecified atom stereocenters. The van der Waals surface area contributed by atoms with Gasteiger partial charge in [-0.3, -0.25) is 4.79 Å². The number of hydrogen-bond donors (Lipinski definition) is 1. The summed E-state index contributed by atoms with van der Waals surface area (Å²) in [6, 6.07) is 0. The maximum atomic E-state index is 10.7. The van der Waals surface area contributed by atoms with Gasteiger partial charge in [-0.25, -0.2) is 4.79 Å². The second-order valence-electron chi connectivity index (χ2n) is 1.96. The lowest BCUT2D eigenvalue weighted by Gasteiger charge is -2.01. The van der Waals surface area contributed by atoms with Gasteiger partial charge in [-0.2, -0.15) is 0 Å². The van der Waals surface area contributed by atoms with Crippen molar-refractivity contribution in [3.05, 3.63) is 24.5 Å². The van der Waals surface area contributed by atoms with Gasteiger partial charge in [-0.15, -0.1) is 0 Å². The fourth-order valence-corrected chi connectivity index (χ4v) is 0.249. The predicted octanol–water partition coefficient (Wildman–Crippen LogP) is 0.105. The van der Waals surface area contributed by atoms with Crippen LogP contribution in [0, 0.1) is 0 Å². The van der Waals surface area contributed by atoms with Gasteiger partial charge in [0.05, 0.1) is 0 Å². The zero-order valence-electron chi connectivity index (χ0n) is 6.22. The van der Waals surface area contributed by atoms with Crippen LogP contribution in [0.25, 0.3) is 0 Å². The van der Waals surface area contributed by atoms with E-state index in [9.17, 15) is 9.59 Å². The van der Waals surface area contributed by atoms with Crippen LogP contribution in [-0.4, -0.2) is 11.9 Å². The molecule has 0 aliphatic carbocycles. The first kappa shape index (κ1) is 9.42. The lowest BCUT2D eigenvalue weighted by molar-refractivity contribution is -0.138. The second-order valence-corrected chi connectivity index (χ2v) is 1.96. The molecule has 0 heterocycles. The fourth-order valence-electron chi connectivity index (χ4n) is 0.249. The highest BCUT2D eigenvalue weighted by atomic mass is 16.5. The van der Waals surface area contributed by atoms with E-state index < -0.39 is 11.9 Å². The van der Waals surface area contributed by atoms with Crippen LogP contribution in [-0.2, 0) is 14.3 Å². The molecule has 0 bridgehead atoms. The van der Waals surface area contributed by atoms with Crippen LogP contribution < -0.4 is 5.73 Å². The van der Waals surface area contributed by atoms with E-state index in [0.29, 0.717) is 0 Å². The number of ether oxygens (including phenoxy) is 1. The molecule has 2 N–H and O–H groups in total. The van der Waals surface area contributed by atoms with E-state index in [0.717, 1.165) is 0 Å². The molecule has 0 saturated heterocycles. The monoisotopic (exact) mass is 155 g/mol. The SMILES string of the molecule is C=C(C)C(=O)OC(=C)C(N)=O. The predicted molar refractivity (Wildman–Crippen MR) is 39.2 cm³/mol. The first-order valence-corrected chi connectivity index (χ1v) is 2.81. The minimum absolute atomic E-state index is 0.187. The highest BCUT2D eigenvalue weighted by molar-refractivity contribution is 5.95. The third kappa shape index (κ3) is 3.20. The molecular formula is C7H9NO3. The normalized spacial score (nSPS) is 8.45. The molecule has 0 saturated carbocycles. The molecule has 11 heavy (non-hydrogen) atoms. The standard InChI is InChI=1S/C7H9NO3/c1-4(2)7(10)11-5(3)6(8)9/h1,3H2,2H3,(H2,8,9). The van der Waals surface area contributed by atoms with Crippen molar-refractivity contribution in [1.82, 2.24) is 0 Å². The summed E-state index contributed by atoms with van der Waals surface area (Å²) >= 11 is 0. The van der Waals surface area contributed by atoms with Crippen molar-refractivity contribution >= 4 is 11.9 Å². The summed E-state index contributed by atoms with van der Waals surface area (Å²) in [6.07, 6.45) is 0. The minimum atomic E-state index is -0.861. The van der Waals surface area contributed by atoms with Crippen LogP contribution >= 0.6 is 0 Å². The van der Waals surface area contributed by atoms with Gasteiger partial charge in [0.15, 0.2) is 5.76 Å². The number of nitrogens with two attached hydrogens (primary N) is 1. The summed E-state index contributed by atoms with van der Waals surface area (Å²) in [5.41, 5.74) is 4.93. The van der Waals surface area contributed by atoms with Crippen molar-refractivity contribution in [3.63, 3.8) is 0 Å². The lowest BCUT2D eigenvalue weighted by Crippen LogP contribution is -2.18. The van der Waals surface area contributed by atoms with Gasteiger partial charge in [0, 0.05) is 5.57 Å². The van der Waals surface area contributed by atoms with Gasteiger partial charge in [-0.05, 0) is 6.92 Å². The van der Waals surface area contributed by atoms with Crippen LogP contribution in [0.3, 0.4) is 0 Å². The molecule has 0 radical (unpaired) electrons. The average molecular weight is 155 g/mol. The van der Waals surface area contributed by atoms with Gasteiger partial charge >= 0.3 is 5.97 Å². The molecule has 4 nitrogen and oxygen atoms in total. The highest BCUT2D eigenvalue weighted by Gasteiger charge is 2.09. The molecule has 0 atom stereocenters. The van der Waals surface area contributed by atoms with Crippen molar-refractivity contribution in [2.75, 3.05) is 0 Å². The van der Waals surface area contributed by atoms with Crippen LogP contribution in [0.2, 0.25) is 0 Å². The molecule has 60 valence electrons. The Morgan fingerprint density at radius 2 is 1.82 bits per heavy atom. The summed E-state index contributed by atoms with van der Waals surface area (Å²) in [7, 11) is 0. The Morgan fingerprint density at radius 1 is 1.36 bits per heavy atom. The third-order valence-corrected chi connectivity index (χ3v) is 0.839. The maximum absolute atomic E-state index is 10.7. The Morgan fingerprint density at radius 3 is 2.09 bits per heavy atom. The second kappa shape index (κ2) is 3.55. The van der Waals surface area contributed by atoms with Crippen molar-refractivity contribution in [3.8, 4) is 0 Å². The number of carbonyl (C=O) groups is 2. The summed E-state index contributed by atoms with van der Waals surface area (Å²) < 4.78 is 4.37. The van der Waals surface area contributed by atoms with Gasteiger partial charge in [0.25, 0.3) is 5.91 Å². The van der Waals surface area contributed by atoms with Crippen LogP contribution in [0.4, 0.5) is 0 Å². The third-order valence-electron chi connectivity index (χ3n) is 0.839. The van der Waals surface area contributed by atoms with Crippen LogP contribution in [0.1, 0.15) is 6.92 Å². The van der Waals surface area contributed by atoms with Gasteiger partial charge in [0.1, 0.15) is 0 Å². The van der Waals surface area contributed by atoms with Crippen LogP contribution in [0.15, 0.2) is 24.5 Å². The Bertz CT molecular complexity index is 206. The van der Waals surface area contributed by atoms with E-state index >= 15 is 0 Å². The van der Waals surface area contributed by atoms with Crippen molar-refractivity contribution in [2.45, 2.75) is 6.92 Å². The maximum Gasteiger partial charge on any atom is 0.338 e. The van der Waals surface area contributed by atoms with E-state index in [-0.39, 0.29) is 11.3 Å². The van der Waals surface area contributed by atoms with Crippen molar-refractivity contribution in [1.29, 1.82) is 0 Å². The molecule has 0 fully saturated rings. The molecular weight excluding hydrogens is 146 g/mol. The Kier molecular flexibility index (Phi) is 3.04. The first-order valence-electron chi connectivity index (χ1n) is 2.81. The van der Waals surface area contributed by atoms with E-state index in [1.54, 1.807) is 0 Å². The van der Waals surface area contributed by atoms with Gasteiger partial charge in [0.2, 0.25) is 0 Å². The Hall–Kier alpha value is -1.58. The molecule has 0 rings (SSSR count). The zero-order valence-corrected chi connectivity index (χ0v) is 6.22. The summed E-state index contributed by atoms with van der Waals surface area (Å²) in [5, 5.41) is 0. The number of esters is 1. The molecule has 0 aliphatic heterocycles. The summed E-state index contributed by atoms with van der Waals surface area (Å²) in [5.74, 6) is -1.94. The first-order chi connectivity index (χ1) is 4.95. The fraction of sp³-hybridized carbons (Fsp3) is 0.143. The molecule has 1 amide bonds. The number of hydrogen-bond acceptors (Lipinski definition) is 3. The quantitative estimate of drug-likeness (QED) is 0.357. The number of carbonyl (C=O) groups excluding carboxylic acids is 2. The van der Waals surface area contributed by atoms with E-state index in [1.165, 1.54) is 6.92 Å². The van der Waals surface area contributed by atoms with Crippen LogP contribution in [0.5, 0.6) is 0 Å². The molecule has 0 spiro atoms. The minimum Gasteiger partial charge on any atom is -0.418 e. The summed E-state index contributed by atoms with van der Waals surface area (Å²) in [6.45, 7) is 7.87. The molecule has 4 heteroatoms. The largest absolute Gasteiger partial charge is 0.418 e. The summed E-state index contributed by atoms with van der Waals surface area (Å²) in [4.78, 5) is 20.9. The highest BCUT2D eigenvalue weighted by Crippen LogP contribution is 1.98. The van der Waals surface area contributed by atoms with E-state index in [2.05, 4.69) is 17.9 Å². The zero-order chi connectivity index (χ0) is 9.02. The number of primary amides is 1. The number of rotatable bonds is 3. The van der Waals surface area contributed by atoms with Gasteiger partial charge < -0.3 is 10.5 Å². The lowest BCUT2D eigenvalue weighted by atomic mass is 10.4. The topological polar surface area (TPSA) is 69.4 Å². The van der Waals surface area contributed by atoms with E-state index in [4.69, 9.17) is 5.73 Å². The molecule has 0 aromatic heterocycles. The van der Waals surface area contributed by atoms with Crippen molar-refractivity contribution < 1.29 is 14.3 Å². The Balaban J connectivity index is 4.07. The van der Waals surface area contributed by atoms with E-state index in [1.807, 2.05) is 0 Å². The molecule has 0 aliphatic rings.